The molecule has 2 nitrogen and oxygen atoms in total. The van der Waals surface area contributed by atoms with Crippen molar-refractivity contribution >= 4 is 34.4 Å². The Balaban J connectivity index is 0.000000872. The number of ether oxygens (including phenoxy) is 1. The summed E-state index contributed by atoms with van der Waals surface area (Å²) in [6.07, 6.45) is 5.50. The first-order chi connectivity index (χ1) is 13.3. The Hall–Kier alpha value is -0.560. The first kappa shape index (κ1) is 19.7. The van der Waals surface area contributed by atoms with E-state index >= 15 is 0 Å². The average molecular weight is 493 g/mol. The van der Waals surface area contributed by atoms with E-state index in [2.05, 4.69) is 83.1 Å². The van der Waals surface area contributed by atoms with Crippen LogP contribution in [0.25, 0.3) is 0 Å². The van der Waals surface area contributed by atoms with E-state index in [0.717, 1.165) is 17.8 Å². The van der Waals surface area contributed by atoms with Gasteiger partial charge < -0.3 is 9.64 Å². The van der Waals surface area contributed by atoms with Gasteiger partial charge in [-0.1, -0.05) is 65.1 Å². The van der Waals surface area contributed by atoms with Crippen LogP contribution in [-0.2, 0) is 10.5 Å². The summed E-state index contributed by atoms with van der Waals surface area (Å²) < 4.78 is 6.85. The average Bonchev–Trinajstić information content (AvgIpc) is 2.90. The topological polar surface area (TPSA) is 12.5 Å². The number of halogens is 1. The van der Waals surface area contributed by atoms with Gasteiger partial charge in [0.2, 0.25) is 0 Å². The smallest absolute Gasteiger partial charge is 0.109 e. The van der Waals surface area contributed by atoms with E-state index in [1.807, 2.05) is 16.7 Å². The molecule has 3 heterocycles. The van der Waals surface area contributed by atoms with Crippen molar-refractivity contribution in [2.45, 2.75) is 60.6 Å². The van der Waals surface area contributed by atoms with Gasteiger partial charge in [-0.05, 0) is 60.4 Å². The lowest BCUT2D eigenvalue weighted by Crippen LogP contribution is -2.43. The van der Waals surface area contributed by atoms with Gasteiger partial charge in [-0.15, -0.1) is 11.8 Å². The number of benzene rings is 2. The van der Waals surface area contributed by atoms with E-state index in [1.54, 1.807) is 0 Å². The zero-order valence-electron chi connectivity index (χ0n) is 16.1. The molecule has 0 aromatic heterocycles. The lowest BCUT2D eigenvalue weighted by atomic mass is 9.95. The fraction of sp³-hybridized carbons (Fsp3) is 0.478. The van der Waals surface area contributed by atoms with E-state index < -0.39 is 0 Å². The summed E-state index contributed by atoms with van der Waals surface area (Å²) in [5.41, 5.74) is 4.14. The molecule has 2 aromatic rings. The predicted molar refractivity (Wildman–Crippen MR) is 123 cm³/mol. The zero-order chi connectivity index (χ0) is 18.8. The summed E-state index contributed by atoms with van der Waals surface area (Å²) in [5.74, 6) is 1.03. The van der Waals surface area contributed by atoms with E-state index in [1.165, 1.54) is 47.3 Å². The second-order valence-electron chi connectivity index (χ2n) is 7.69. The maximum Gasteiger partial charge on any atom is 0.109 e. The number of hydrogen-bond donors (Lipinski definition) is 0. The molecule has 3 aliphatic rings. The molecule has 3 unspecified atom stereocenters. The van der Waals surface area contributed by atoms with Gasteiger partial charge in [0, 0.05) is 22.7 Å². The zero-order valence-corrected chi connectivity index (χ0v) is 19.1. The Morgan fingerprint density at radius 3 is 2.30 bits per heavy atom. The largest absolute Gasteiger partial charge is 0.365 e. The molecule has 0 spiro atoms. The van der Waals surface area contributed by atoms with Gasteiger partial charge in [0.25, 0.3) is 0 Å². The number of piperidine rings is 1. The van der Waals surface area contributed by atoms with Gasteiger partial charge in [0.1, 0.15) is 6.10 Å². The molecule has 2 saturated heterocycles. The molecule has 0 N–H and O–H groups in total. The minimum Gasteiger partial charge on any atom is -0.365 e. The molecule has 0 amide bonds. The minimum absolute atomic E-state index is 0.0789. The van der Waals surface area contributed by atoms with Crippen LogP contribution in [-0.4, -0.2) is 35.1 Å². The van der Waals surface area contributed by atoms with Crippen LogP contribution in [0.5, 0.6) is 0 Å². The van der Waals surface area contributed by atoms with E-state index in [0.29, 0.717) is 6.10 Å². The highest BCUT2D eigenvalue weighted by atomic mass is 127. The minimum atomic E-state index is 0.0789. The van der Waals surface area contributed by atoms with Crippen molar-refractivity contribution in [2.24, 2.45) is 0 Å². The Morgan fingerprint density at radius 1 is 0.926 bits per heavy atom. The molecule has 0 saturated carbocycles. The molecule has 0 aliphatic carbocycles. The predicted octanol–water partition coefficient (Wildman–Crippen LogP) is 6.07. The number of rotatable bonds is 2. The van der Waals surface area contributed by atoms with Crippen LogP contribution < -0.4 is 0 Å². The monoisotopic (exact) mass is 493 g/mol. The van der Waals surface area contributed by atoms with Gasteiger partial charge in [-0.3, -0.25) is 0 Å². The fourth-order valence-corrected chi connectivity index (χ4v) is 5.98. The van der Waals surface area contributed by atoms with Crippen molar-refractivity contribution in [3.63, 3.8) is 0 Å². The van der Waals surface area contributed by atoms with Gasteiger partial charge >= 0.3 is 0 Å². The molecule has 2 fully saturated rings. The highest BCUT2D eigenvalue weighted by molar-refractivity contribution is 14.1. The van der Waals surface area contributed by atoms with Crippen molar-refractivity contribution in [1.82, 2.24) is 4.90 Å². The molecule has 5 rings (SSSR count). The summed E-state index contributed by atoms with van der Waals surface area (Å²) in [6.45, 7) is 0. The van der Waals surface area contributed by atoms with Crippen LogP contribution in [0.15, 0.2) is 53.4 Å². The van der Waals surface area contributed by atoms with Crippen molar-refractivity contribution in [3.05, 3.63) is 65.2 Å². The lowest BCUT2D eigenvalue weighted by Gasteiger charge is -2.38. The van der Waals surface area contributed by atoms with E-state index in [9.17, 15) is 0 Å². The third-order valence-electron chi connectivity index (χ3n) is 6.31. The summed E-state index contributed by atoms with van der Waals surface area (Å²) in [4.78, 5) is 5.93. The van der Waals surface area contributed by atoms with Gasteiger partial charge in [0.15, 0.2) is 0 Å². The second-order valence-corrected chi connectivity index (χ2v) is 8.70. The quantitative estimate of drug-likeness (QED) is 0.372. The number of nitrogens with zero attached hydrogens (tertiary/aromatic N) is 1. The van der Waals surface area contributed by atoms with Crippen molar-refractivity contribution < 1.29 is 4.74 Å². The summed E-state index contributed by atoms with van der Waals surface area (Å²) in [7, 11) is 2.30. The van der Waals surface area contributed by atoms with Crippen LogP contribution in [0.3, 0.4) is 0 Å². The molecule has 2 bridgehead atoms. The first-order valence-electron chi connectivity index (χ1n) is 9.84. The van der Waals surface area contributed by atoms with Crippen LogP contribution in [0.4, 0.5) is 0 Å². The second kappa shape index (κ2) is 8.85. The summed E-state index contributed by atoms with van der Waals surface area (Å²) >= 11 is 4.09. The molecule has 0 radical (unpaired) electrons. The normalized spacial score (nSPS) is 29.1. The number of fused-ring (bicyclic) bond motifs is 4. The fourth-order valence-electron chi connectivity index (χ4n) is 4.88. The van der Waals surface area contributed by atoms with Gasteiger partial charge in [-0.2, -0.15) is 0 Å². The van der Waals surface area contributed by atoms with Crippen molar-refractivity contribution in [1.29, 1.82) is 0 Å². The molecule has 27 heavy (non-hydrogen) atoms. The summed E-state index contributed by atoms with van der Waals surface area (Å²) in [5, 5.41) is 0. The molecule has 2 aromatic carbocycles. The van der Waals surface area contributed by atoms with E-state index in [-0.39, 0.29) is 6.10 Å². The Morgan fingerprint density at radius 2 is 1.56 bits per heavy atom. The standard InChI is InChI=1S/C22H25NOS.CH3I/c1-23-16-10-11-17(23)13-18(12-16)24-22-19-7-3-2-6-15(19)14-25-21-9-5-4-8-20(21)22;1-2/h2-9,16-18,22H,10-14H2,1H3;1H3. The molecule has 4 heteroatoms. The van der Waals surface area contributed by atoms with Crippen LogP contribution in [0, 0.1) is 0 Å². The highest BCUT2D eigenvalue weighted by Crippen LogP contribution is 2.44. The Labute approximate surface area is 181 Å². The number of thioether (sulfide) groups is 1. The molecule has 144 valence electrons. The van der Waals surface area contributed by atoms with Crippen molar-refractivity contribution in [3.8, 4) is 0 Å². The third-order valence-corrected chi connectivity index (χ3v) is 7.44. The molecular weight excluding hydrogens is 465 g/mol. The number of alkyl halides is 1. The van der Waals surface area contributed by atoms with E-state index in [4.69, 9.17) is 4.74 Å². The van der Waals surface area contributed by atoms with Crippen LogP contribution in [0.2, 0.25) is 0 Å². The van der Waals surface area contributed by atoms with Crippen molar-refractivity contribution in [2.75, 3.05) is 12.0 Å². The Bertz CT molecular complexity index is 721. The molecular formula is C23H28INOS. The Kier molecular flexibility index (Phi) is 6.47. The highest BCUT2D eigenvalue weighted by Gasteiger charge is 2.40. The maximum atomic E-state index is 6.85. The van der Waals surface area contributed by atoms with Gasteiger partial charge in [-0.25, -0.2) is 0 Å². The molecule has 3 aliphatic heterocycles. The SMILES string of the molecule is CI.CN1C2CCC1CC(OC1c3ccccc3CSc3ccccc31)C2. The van der Waals surface area contributed by atoms with Crippen LogP contribution in [0.1, 0.15) is 48.5 Å². The lowest BCUT2D eigenvalue weighted by molar-refractivity contribution is -0.0435. The molecule has 3 atom stereocenters. The first-order valence-corrected chi connectivity index (χ1v) is 13.0. The summed E-state index contributed by atoms with van der Waals surface area (Å²) in [6, 6.07) is 19.1. The maximum absolute atomic E-state index is 6.85. The number of hydrogen-bond acceptors (Lipinski definition) is 3. The van der Waals surface area contributed by atoms with Gasteiger partial charge in [0.05, 0.1) is 6.10 Å². The van der Waals surface area contributed by atoms with Crippen LogP contribution >= 0.6 is 34.4 Å². The third kappa shape index (κ3) is 3.96.